The maximum absolute atomic E-state index is 12.9. The van der Waals surface area contributed by atoms with Gasteiger partial charge in [0.15, 0.2) is 0 Å². The summed E-state index contributed by atoms with van der Waals surface area (Å²) in [6.07, 6.45) is 0. The largest absolute Gasteiger partial charge is 0.457 e. The highest BCUT2D eigenvalue weighted by atomic mass is 16.5. The lowest BCUT2D eigenvalue weighted by atomic mass is 9.92. The van der Waals surface area contributed by atoms with Crippen LogP contribution in [0.4, 0.5) is 4.79 Å². The van der Waals surface area contributed by atoms with Crippen molar-refractivity contribution in [1.82, 2.24) is 15.8 Å². The van der Waals surface area contributed by atoms with E-state index < -0.39 is 29.3 Å². The third kappa shape index (κ3) is 4.24. The molecule has 1 heterocycles. The second-order valence-corrected chi connectivity index (χ2v) is 7.52. The number of nitrogens with two attached hydrogens (primary N) is 1. The Hall–Kier alpha value is -4.66. The number of urea groups is 1. The molecule has 1 aliphatic heterocycles. The minimum absolute atomic E-state index is 0.223. The van der Waals surface area contributed by atoms with Crippen LogP contribution in [0.3, 0.4) is 0 Å². The van der Waals surface area contributed by atoms with Gasteiger partial charge in [-0.2, -0.15) is 5.01 Å². The summed E-state index contributed by atoms with van der Waals surface area (Å²) in [7, 11) is 0. The highest BCUT2D eigenvalue weighted by molar-refractivity contribution is 6.09. The van der Waals surface area contributed by atoms with Crippen LogP contribution < -0.4 is 21.2 Å². The number of nitrogens with zero attached hydrogens (tertiary/aromatic N) is 1. The first-order valence-electron chi connectivity index (χ1n) is 9.99. The van der Waals surface area contributed by atoms with Gasteiger partial charge >= 0.3 is 6.03 Å². The molecule has 1 saturated heterocycles. The lowest BCUT2D eigenvalue weighted by molar-refractivity contribution is -0.132. The molecular formula is C24H20N4O5. The number of imide groups is 1. The Morgan fingerprint density at radius 3 is 1.97 bits per heavy atom. The predicted octanol–water partition coefficient (Wildman–Crippen LogP) is 2.69. The molecule has 1 aliphatic rings. The van der Waals surface area contributed by atoms with Crippen LogP contribution in [-0.2, 0) is 10.3 Å². The number of primary amides is 1. The van der Waals surface area contributed by atoms with Gasteiger partial charge in [-0.05, 0) is 61.0 Å². The smallest absolute Gasteiger partial charge is 0.344 e. The van der Waals surface area contributed by atoms with Gasteiger partial charge in [0.25, 0.3) is 11.8 Å². The molecule has 9 heteroatoms. The van der Waals surface area contributed by atoms with Gasteiger partial charge in [0.1, 0.15) is 17.0 Å². The van der Waals surface area contributed by atoms with Crippen molar-refractivity contribution in [3.8, 4) is 11.5 Å². The van der Waals surface area contributed by atoms with Crippen molar-refractivity contribution in [2.75, 3.05) is 0 Å². The molecule has 3 aromatic rings. The third-order valence-corrected chi connectivity index (χ3v) is 5.25. The molecule has 0 aliphatic carbocycles. The fourth-order valence-corrected chi connectivity index (χ4v) is 3.37. The average Bonchev–Trinajstić information content (AvgIpc) is 3.04. The van der Waals surface area contributed by atoms with Crippen molar-refractivity contribution in [2.24, 2.45) is 5.73 Å². The van der Waals surface area contributed by atoms with Crippen molar-refractivity contribution in [1.29, 1.82) is 0 Å². The van der Waals surface area contributed by atoms with E-state index in [1.54, 1.807) is 73.7 Å². The monoisotopic (exact) mass is 444 g/mol. The zero-order valence-corrected chi connectivity index (χ0v) is 17.6. The van der Waals surface area contributed by atoms with Gasteiger partial charge in [-0.15, -0.1) is 0 Å². The van der Waals surface area contributed by atoms with Crippen molar-refractivity contribution < 1.29 is 23.9 Å². The van der Waals surface area contributed by atoms with Gasteiger partial charge in [0.05, 0.1) is 0 Å². The Kier molecular flexibility index (Phi) is 5.53. The predicted molar refractivity (Wildman–Crippen MR) is 118 cm³/mol. The molecule has 33 heavy (non-hydrogen) atoms. The molecule has 0 spiro atoms. The van der Waals surface area contributed by atoms with Gasteiger partial charge in [0.2, 0.25) is 5.91 Å². The van der Waals surface area contributed by atoms with Gasteiger partial charge in [-0.3, -0.25) is 19.8 Å². The first-order chi connectivity index (χ1) is 15.8. The molecule has 0 bridgehead atoms. The first kappa shape index (κ1) is 21.6. The Bertz CT molecular complexity index is 1230. The van der Waals surface area contributed by atoms with E-state index in [2.05, 4.69) is 10.7 Å². The second kappa shape index (κ2) is 8.46. The van der Waals surface area contributed by atoms with Crippen LogP contribution in [-0.4, -0.2) is 28.8 Å². The number of hydrazine groups is 1. The van der Waals surface area contributed by atoms with Crippen LogP contribution in [0, 0.1) is 0 Å². The molecule has 5 amide bonds. The average molecular weight is 444 g/mol. The lowest BCUT2D eigenvalue weighted by Gasteiger charge is -2.22. The number of nitrogens with one attached hydrogen (secondary N) is 2. The number of carbonyl (C=O) groups is 4. The number of carbonyl (C=O) groups excluding carboxylic acids is 4. The Labute approximate surface area is 189 Å². The molecule has 166 valence electrons. The van der Waals surface area contributed by atoms with Gasteiger partial charge in [0, 0.05) is 11.1 Å². The summed E-state index contributed by atoms with van der Waals surface area (Å²) in [5.74, 6) is -0.826. The lowest BCUT2D eigenvalue weighted by Crippen LogP contribution is -2.47. The van der Waals surface area contributed by atoms with E-state index in [4.69, 9.17) is 10.5 Å². The quantitative estimate of drug-likeness (QED) is 0.503. The number of ether oxygens (including phenoxy) is 1. The topological polar surface area (TPSA) is 131 Å². The Balaban J connectivity index is 1.43. The van der Waals surface area contributed by atoms with Crippen molar-refractivity contribution in [3.63, 3.8) is 0 Å². The number of rotatable bonds is 6. The van der Waals surface area contributed by atoms with E-state index >= 15 is 0 Å². The zero-order chi connectivity index (χ0) is 23.6. The molecular weight excluding hydrogens is 424 g/mol. The van der Waals surface area contributed by atoms with E-state index in [0.29, 0.717) is 27.6 Å². The van der Waals surface area contributed by atoms with E-state index in [-0.39, 0.29) is 5.56 Å². The molecule has 1 fully saturated rings. The summed E-state index contributed by atoms with van der Waals surface area (Å²) >= 11 is 0. The summed E-state index contributed by atoms with van der Waals surface area (Å²) in [6.45, 7) is 1.58. The summed E-state index contributed by atoms with van der Waals surface area (Å²) in [6, 6.07) is 20.5. The highest BCUT2D eigenvalue weighted by Gasteiger charge is 2.50. The van der Waals surface area contributed by atoms with E-state index in [9.17, 15) is 19.2 Å². The normalized spacial score (nSPS) is 17.4. The van der Waals surface area contributed by atoms with E-state index in [1.807, 2.05) is 0 Å². The number of hydrogen-bond acceptors (Lipinski definition) is 5. The van der Waals surface area contributed by atoms with Gasteiger partial charge < -0.3 is 15.8 Å². The first-order valence-corrected chi connectivity index (χ1v) is 9.99. The van der Waals surface area contributed by atoms with Gasteiger partial charge in [-0.1, -0.05) is 30.3 Å². The van der Waals surface area contributed by atoms with Crippen molar-refractivity contribution in [2.45, 2.75) is 12.5 Å². The van der Waals surface area contributed by atoms with E-state index in [1.165, 1.54) is 12.1 Å². The number of amides is 5. The van der Waals surface area contributed by atoms with Crippen molar-refractivity contribution >= 4 is 23.8 Å². The molecule has 0 radical (unpaired) electrons. The highest BCUT2D eigenvalue weighted by Crippen LogP contribution is 2.28. The molecule has 1 atom stereocenters. The summed E-state index contributed by atoms with van der Waals surface area (Å²) in [5, 5.41) is 3.30. The van der Waals surface area contributed by atoms with Crippen LogP contribution in [0.2, 0.25) is 0 Å². The zero-order valence-electron chi connectivity index (χ0n) is 17.6. The fourth-order valence-electron chi connectivity index (χ4n) is 3.37. The van der Waals surface area contributed by atoms with Crippen molar-refractivity contribution in [3.05, 3.63) is 95.6 Å². The molecule has 4 rings (SSSR count). The summed E-state index contributed by atoms with van der Waals surface area (Å²) in [5.41, 5.74) is 7.47. The third-order valence-electron chi connectivity index (χ3n) is 5.25. The Morgan fingerprint density at radius 1 is 0.879 bits per heavy atom. The number of benzene rings is 3. The molecule has 4 N–H and O–H groups in total. The van der Waals surface area contributed by atoms with Crippen LogP contribution >= 0.6 is 0 Å². The van der Waals surface area contributed by atoms with Gasteiger partial charge in [-0.25, -0.2) is 4.79 Å². The minimum atomic E-state index is -1.28. The molecule has 1 unspecified atom stereocenters. The second-order valence-electron chi connectivity index (χ2n) is 7.52. The van der Waals surface area contributed by atoms with Crippen LogP contribution in [0.1, 0.15) is 33.2 Å². The number of hydrogen-bond donors (Lipinski definition) is 3. The van der Waals surface area contributed by atoms with Crippen LogP contribution in [0.15, 0.2) is 78.9 Å². The van der Waals surface area contributed by atoms with Crippen LogP contribution in [0.25, 0.3) is 0 Å². The molecule has 0 aromatic heterocycles. The summed E-state index contributed by atoms with van der Waals surface area (Å²) in [4.78, 5) is 49.1. The maximum Gasteiger partial charge on any atom is 0.344 e. The molecule has 9 nitrogen and oxygen atoms in total. The maximum atomic E-state index is 12.9. The fraction of sp³-hybridized carbons (Fsp3) is 0.0833. The Morgan fingerprint density at radius 2 is 1.42 bits per heavy atom. The SMILES string of the molecule is CC1(c2ccccc2)NC(=O)N(NC(=O)c2ccc(Oc3ccc(C(N)=O)cc3)cc2)C1=O. The van der Waals surface area contributed by atoms with Crippen LogP contribution in [0.5, 0.6) is 11.5 Å². The standard InChI is InChI=1S/C24H20N4O5/c1-24(17-5-3-2-4-6-17)22(31)28(23(32)26-24)27-21(30)16-9-13-19(14-10-16)33-18-11-7-15(8-12-18)20(25)29/h2-14H,1H3,(H2,25,29)(H,26,32)(H,27,30). The van der Waals surface area contributed by atoms with E-state index in [0.717, 1.165) is 0 Å². The minimum Gasteiger partial charge on any atom is -0.457 e. The molecule has 0 saturated carbocycles. The molecule has 3 aromatic carbocycles. The summed E-state index contributed by atoms with van der Waals surface area (Å²) < 4.78 is 5.68.